The smallest absolute Gasteiger partial charge is 0.0957 e. The van der Waals surface area contributed by atoms with Gasteiger partial charge in [-0.1, -0.05) is 20.8 Å². The normalized spacial score (nSPS) is 15.7. The van der Waals surface area contributed by atoms with Gasteiger partial charge in [0.25, 0.3) is 0 Å². The summed E-state index contributed by atoms with van der Waals surface area (Å²) in [4.78, 5) is 0. The quantitative estimate of drug-likeness (QED) is 0.683. The van der Waals surface area contributed by atoms with Gasteiger partial charge in [-0.15, -0.1) is 0 Å². The van der Waals surface area contributed by atoms with Crippen LogP contribution in [0.25, 0.3) is 0 Å². The first kappa shape index (κ1) is 11.4. The van der Waals surface area contributed by atoms with Gasteiger partial charge in [0.15, 0.2) is 0 Å². The summed E-state index contributed by atoms with van der Waals surface area (Å²) in [5.41, 5.74) is 0. The number of nitriles is 1. The van der Waals surface area contributed by atoms with Crippen molar-refractivity contribution in [3.63, 3.8) is 0 Å². The second-order valence-electron chi connectivity index (χ2n) is 3.79. The Morgan fingerprint density at radius 3 is 2.25 bits per heavy atom. The Balaban J connectivity index is 3.77. The maximum absolute atomic E-state index is 8.81. The molecule has 0 saturated carbocycles. The average molecular weight is 168 g/mol. The number of rotatable bonds is 5. The molecule has 0 spiro atoms. The lowest BCUT2D eigenvalue weighted by Gasteiger charge is -2.17. The molecule has 0 aliphatic heterocycles. The minimum Gasteiger partial charge on any atom is -0.299 e. The van der Waals surface area contributed by atoms with Crippen molar-refractivity contribution < 1.29 is 0 Å². The molecule has 2 atom stereocenters. The van der Waals surface area contributed by atoms with Gasteiger partial charge in [-0.2, -0.15) is 5.26 Å². The van der Waals surface area contributed by atoms with Gasteiger partial charge in [0, 0.05) is 6.04 Å². The molecular formula is C10H20N2. The van der Waals surface area contributed by atoms with Crippen LogP contribution < -0.4 is 5.32 Å². The molecule has 0 radical (unpaired) electrons. The predicted octanol–water partition coefficient (Wildman–Crippen LogP) is 2.31. The van der Waals surface area contributed by atoms with E-state index < -0.39 is 0 Å². The summed E-state index contributed by atoms with van der Waals surface area (Å²) < 4.78 is 0. The predicted molar refractivity (Wildman–Crippen MR) is 51.7 cm³/mol. The molecule has 0 aliphatic carbocycles. The van der Waals surface area contributed by atoms with E-state index in [2.05, 4.69) is 39.1 Å². The van der Waals surface area contributed by atoms with Crippen LogP contribution in [0.5, 0.6) is 0 Å². The SMILES string of the molecule is CCC(C)NC(C#N)CC(C)C. The van der Waals surface area contributed by atoms with Crippen LogP contribution >= 0.6 is 0 Å². The minimum absolute atomic E-state index is 0.0277. The van der Waals surface area contributed by atoms with Gasteiger partial charge >= 0.3 is 0 Å². The van der Waals surface area contributed by atoms with Crippen molar-refractivity contribution in [2.45, 2.75) is 52.6 Å². The number of hydrogen-bond acceptors (Lipinski definition) is 2. The van der Waals surface area contributed by atoms with Crippen LogP contribution in [0.4, 0.5) is 0 Å². The maximum atomic E-state index is 8.81. The van der Waals surface area contributed by atoms with Crippen molar-refractivity contribution in [3.8, 4) is 6.07 Å². The highest BCUT2D eigenvalue weighted by molar-refractivity contribution is 4.91. The Hall–Kier alpha value is -0.550. The summed E-state index contributed by atoms with van der Waals surface area (Å²) in [7, 11) is 0. The molecule has 0 aromatic heterocycles. The summed E-state index contributed by atoms with van der Waals surface area (Å²) in [5.74, 6) is 0.589. The molecule has 0 aromatic carbocycles. The lowest BCUT2D eigenvalue weighted by Crippen LogP contribution is -2.35. The first-order valence-electron chi connectivity index (χ1n) is 4.75. The second-order valence-corrected chi connectivity index (χ2v) is 3.79. The molecule has 1 N–H and O–H groups in total. The van der Waals surface area contributed by atoms with Crippen molar-refractivity contribution in [2.24, 2.45) is 5.92 Å². The molecular weight excluding hydrogens is 148 g/mol. The fraction of sp³-hybridized carbons (Fsp3) is 0.900. The van der Waals surface area contributed by atoms with E-state index in [0.717, 1.165) is 12.8 Å². The summed E-state index contributed by atoms with van der Waals surface area (Å²) in [6, 6.07) is 2.77. The molecule has 0 amide bonds. The molecule has 0 aliphatic rings. The van der Waals surface area contributed by atoms with Gasteiger partial charge in [0.1, 0.15) is 0 Å². The molecule has 70 valence electrons. The van der Waals surface area contributed by atoms with Crippen LogP contribution in [0.1, 0.15) is 40.5 Å². The summed E-state index contributed by atoms with van der Waals surface area (Å²) >= 11 is 0. The van der Waals surface area contributed by atoms with Gasteiger partial charge in [-0.05, 0) is 25.7 Å². The maximum Gasteiger partial charge on any atom is 0.0957 e. The van der Waals surface area contributed by atoms with E-state index in [1.807, 2.05) is 0 Å². The molecule has 0 rings (SSSR count). The highest BCUT2D eigenvalue weighted by Crippen LogP contribution is 2.05. The van der Waals surface area contributed by atoms with Crippen molar-refractivity contribution in [1.82, 2.24) is 5.32 Å². The van der Waals surface area contributed by atoms with Crippen LogP contribution in [0.2, 0.25) is 0 Å². The van der Waals surface area contributed by atoms with Crippen molar-refractivity contribution in [2.75, 3.05) is 0 Å². The van der Waals surface area contributed by atoms with Crippen LogP contribution in [0.3, 0.4) is 0 Å². The topological polar surface area (TPSA) is 35.8 Å². The van der Waals surface area contributed by atoms with Gasteiger partial charge in [-0.3, -0.25) is 5.32 Å². The van der Waals surface area contributed by atoms with Crippen LogP contribution in [0.15, 0.2) is 0 Å². The van der Waals surface area contributed by atoms with Gasteiger partial charge in [-0.25, -0.2) is 0 Å². The highest BCUT2D eigenvalue weighted by atomic mass is 14.9. The summed E-state index contributed by atoms with van der Waals surface area (Å²) in [6.45, 7) is 8.53. The zero-order valence-corrected chi connectivity index (χ0v) is 8.59. The van der Waals surface area contributed by atoms with Crippen LogP contribution in [-0.4, -0.2) is 12.1 Å². The molecule has 0 aromatic rings. The van der Waals surface area contributed by atoms with Crippen molar-refractivity contribution in [1.29, 1.82) is 5.26 Å². The van der Waals surface area contributed by atoms with E-state index in [0.29, 0.717) is 12.0 Å². The zero-order chi connectivity index (χ0) is 9.56. The largest absolute Gasteiger partial charge is 0.299 e. The third-order valence-electron chi connectivity index (χ3n) is 1.96. The van der Waals surface area contributed by atoms with Crippen molar-refractivity contribution >= 4 is 0 Å². The fourth-order valence-corrected chi connectivity index (χ4v) is 1.09. The number of nitrogens with one attached hydrogen (secondary N) is 1. The van der Waals surface area contributed by atoms with E-state index in [1.165, 1.54) is 0 Å². The second kappa shape index (κ2) is 6.02. The zero-order valence-electron chi connectivity index (χ0n) is 8.59. The lowest BCUT2D eigenvalue weighted by atomic mass is 10.0. The molecule has 2 heteroatoms. The molecule has 0 saturated heterocycles. The van der Waals surface area contributed by atoms with E-state index in [-0.39, 0.29) is 6.04 Å². The molecule has 2 nitrogen and oxygen atoms in total. The Morgan fingerprint density at radius 2 is 1.92 bits per heavy atom. The molecule has 2 unspecified atom stereocenters. The Bertz CT molecular complexity index is 146. The Morgan fingerprint density at radius 1 is 1.33 bits per heavy atom. The van der Waals surface area contributed by atoms with E-state index in [9.17, 15) is 0 Å². The van der Waals surface area contributed by atoms with Gasteiger partial charge < -0.3 is 0 Å². The van der Waals surface area contributed by atoms with Gasteiger partial charge in [0.2, 0.25) is 0 Å². The molecule has 0 fully saturated rings. The lowest BCUT2D eigenvalue weighted by molar-refractivity contribution is 0.428. The summed E-state index contributed by atoms with van der Waals surface area (Å²) in [6.07, 6.45) is 2.02. The number of nitrogens with zero attached hydrogens (tertiary/aromatic N) is 1. The fourth-order valence-electron chi connectivity index (χ4n) is 1.09. The van der Waals surface area contributed by atoms with E-state index in [4.69, 9.17) is 5.26 Å². The third kappa shape index (κ3) is 5.15. The molecule has 0 bridgehead atoms. The van der Waals surface area contributed by atoms with Crippen LogP contribution in [-0.2, 0) is 0 Å². The average Bonchev–Trinajstić information content (AvgIpc) is 2.02. The van der Waals surface area contributed by atoms with Crippen molar-refractivity contribution in [3.05, 3.63) is 0 Å². The van der Waals surface area contributed by atoms with Gasteiger partial charge in [0.05, 0.1) is 12.1 Å². The third-order valence-corrected chi connectivity index (χ3v) is 1.96. The molecule has 12 heavy (non-hydrogen) atoms. The standard InChI is InChI=1S/C10H20N2/c1-5-9(4)12-10(7-11)6-8(2)3/h8-10,12H,5-6H2,1-4H3. The number of hydrogen-bond donors (Lipinski definition) is 1. The van der Waals surface area contributed by atoms with E-state index >= 15 is 0 Å². The van der Waals surface area contributed by atoms with Crippen LogP contribution in [0, 0.1) is 17.2 Å². The first-order chi connectivity index (χ1) is 5.60. The summed E-state index contributed by atoms with van der Waals surface area (Å²) in [5, 5.41) is 12.1. The Kier molecular flexibility index (Phi) is 5.74. The molecule has 0 heterocycles. The Labute approximate surface area is 76.0 Å². The highest BCUT2D eigenvalue weighted by Gasteiger charge is 2.11. The minimum atomic E-state index is 0.0277. The first-order valence-corrected chi connectivity index (χ1v) is 4.75. The van der Waals surface area contributed by atoms with E-state index in [1.54, 1.807) is 0 Å². The monoisotopic (exact) mass is 168 g/mol.